The van der Waals surface area contributed by atoms with Gasteiger partial charge in [-0.2, -0.15) is 5.10 Å². The van der Waals surface area contributed by atoms with E-state index >= 15 is 0 Å². The van der Waals surface area contributed by atoms with Gasteiger partial charge >= 0.3 is 0 Å². The highest BCUT2D eigenvalue weighted by Crippen LogP contribution is 2.25. The summed E-state index contributed by atoms with van der Waals surface area (Å²) >= 11 is 0. The molecule has 0 saturated carbocycles. The lowest BCUT2D eigenvalue weighted by Gasteiger charge is -2.30. The van der Waals surface area contributed by atoms with E-state index in [9.17, 15) is 9.59 Å². The summed E-state index contributed by atoms with van der Waals surface area (Å²) in [5.41, 5.74) is 11.3. The SMILES string of the molecule is NC(=O)c1ccn(-c2ccc(NC(=O)c3ccc(N4CCc5ccccc5C4)cc3)cc2)n1. The van der Waals surface area contributed by atoms with Gasteiger partial charge in [-0.25, -0.2) is 4.68 Å². The van der Waals surface area contributed by atoms with E-state index in [1.807, 2.05) is 36.4 Å². The number of benzene rings is 3. The van der Waals surface area contributed by atoms with Gasteiger partial charge in [-0.15, -0.1) is 0 Å². The molecule has 3 aromatic carbocycles. The molecule has 4 aromatic rings. The first kappa shape index (κ1) is 20.5. The predicted molar refractivity (Wildman–Crippen MR) is 128 cm³/mol. The minimum Gasteiger partial charge on any atom is -0.367 e. The quantitative estimate of drug-likeness (QED) is 0.497. The molecule has 164 valence electrons. The molecule has 0 radical (unpaired) electrons. The zero-order valence-corrected chi connectivity index (χ0v) is 17.9. The number of carbonyl (C=O) groups excluding carboxylic acids is 2. The van der Waals surface area contributed by atoms with Gasteiger partial charge in [0.1, 0.15) is 5.69 Å². The predicted octanol–water partition coefficient (Wildman–Crippen LogP) is 3.79. The summed E-state index contributed by atoms with van der Waals surface area (Å²) in [6, 6.07) is 25.0. The monoisotopic (exact) mass is 437 g/mol. The summed E-state index contributed by atoms with van der Waals surface area (Å²) in [4.78, 5) is 26.3. The van der Waals surface area contributed by atoms with Gasteiger partial charge < -0.3 is 16.0 Å². The van der Waals surface area contributed by atoms with Crippen LogP contribution in [0.1, 0.15) is 32.0 Å². The Hall–Kier alpha value is -4.39. The van der Waals surface area contributed by atoms with Crippen LogP contribution < -0.4 is 16.0 Å². The number of nitrogens with one attached hydrogen (secondary N) is 1. The summed E-state index contributed by atoms with van der Waals surface area (Å²) in [6.45, 7) is 1.84. The van der Waals surface area contributed by atoms with Crippen LogP contribution in [0.5, 0.6) is 0 Å². The molecule has 5 rings (SSSR count). The molecule has 7 heteroatoms. The first-order valence-corrected chi connectivity index (χ1v) is 10.8. The van der Waals surface area contributed by atoms with Gasteiger partial charge in [0, 0.05) is 36.2 Å². The Morgan fingerprint density at radius 3 is 2.24 bits per heavy atom. The lowest BCUT2D eigenvalue weighted by atomic mass is 9.99. The molecule has 0 atom stereocenters. The van der Waals surface area contributed by atoms with E-state index in [1.54, 1.807) is 29.1 Å². The maximum atomic E-state index is 12.7. The Morgan fingerprint density at radius 2 is 1.55 bits per heavy atom. The van der Waals surface area contributed by atoms with E-state index in [-0.39, 0.29) is 11.6 Å². The third-order valence-electron chi connectivity index (χ3n) is 5.86. The fourth-order valence-electron chi connectivity index (χ4n) is 4.04. The molecule has 1 aliphatic heterocycles. The number of carbonyl (C=O) groups is 2. The van der Waals surface area contributed by atoms with Crippen molar-refractivity contribution in [3.05, 3.63) is 107 Å². The van der Waals surface area contributed by atoms with Crippen molar-refractivity contribution < 1.29 is 9.59 Å². The molecule has 0 aliphatic carbocycles. The van der Waals surface area contributed by atoms with E-state index < -0.39 is 5.91 Å². The van der Waals surface area contributed by atoms with Crippen LogP contribution in [-0.2, 0) is 13.0 Å². The average Bonchev–Trinajstić information content (AvgIpc) is 3.35. The van der Waals surface area contributed by atoms with Crippen LogP contribution in [-0.4, -0.2) is 28.1 Å². The number of rotatable bonds is 5. The Balaban J connectivity index is 1.23. The molecule has 0 unspecified atom stereocenters. The maximum absolute atomic E-state index is 12.7. The molecule has 0 saturated heterocycles. The molecule has 3 N–H and O–H groups in total. The van der Waals surface area contributed by atoms with Crippen molar-refractivity contribution in [2.24, 2.45) is 5.73 Å². The normalized spacial score (nSPS) is 12.8. The Morgan fingerprint density at radius 1 is 0.848 bits per heavy atom. The molecule has 0 bridgehead atoms. The largest absolute Gasteiger partial charge is 0.367 e. The van der Waals surface area contributed by atoms with Crippen molar-refractivity contribution in [1.29, 1.82) is 0 Å². The average molecular weight is 438 g/mol. The van der Waals surface area contributed by atoms with Gasteiger partial charge in [-0.3, -0.25) is 9.59 Å². The second-order valence-corrected chi connectivity index (χ2v) is 8.00. The van der Waals surface area contributed by atoms with E-state index in [4.69, 9.17) is 5.73 Å². The summed E-state index contributed by atoms with van der Waals surface area (Å²) in [6.07, 6.45) is 2.69. The lowest BCUT2D eigenvalue weighted by molar-refractivity contribution is 0.0993. The molecule has 0 fully saturated rings. The van der Waals surface area contributed by atoms with Crippen molar-refractivity contribution in [3.8, 4) is 5.69 Å². The van der Waals surface area contributed by atoms with Gasteiger partial charge in [0.15, 0.2) is 0 Å². The van der Waals surface area contributed by atoms with E-state index in [0.717, 1.165) is 30.9 Å². The Labute approximate surface area is 191 Å². The van der Waals surface area contributed by atoms with Crippen LogP contribution >= 0.6 is 0 Å². The Bertz CT molecular complexity index is 1310. The van der Waals surface area contributed by atoms with Crippen LogP contribution in [0.2, 0.25) is 0 Å². The second-order valence-electron chi connectivity index (χ2n) is 8.00. The summed E-state index contributed by atoms with van der Waals surface area (Å²) < 4.78 is 1.56. The number of hydrogen-bond donors (Lipinski definition) is 2. The number of anilines is 2. The molecule has 7 nitrogen and oxygen atoms in total. The van der Waals surface area contributed by atoms with Gasteiger partial charge in [0.05, 0.1) is 5.69 Å². The summed E-state index contributed by atoms with van der Waals surface area (Å²) in [7, 11) is 0. The fraction of sp³-hybridized carbons (Fsp3) is 0.115. The van der Waals surface area contributed by atoms with Gasteiger partial charge in [-0.05, 0) is 72.1 Å². The summed E-state index contributed by atoms with van der Waals surface area (Å²) in [5.74, 6) is -0.748. The maximum Gasteiger partial charge on any atom is 0.269 e. The van der Waals surface area contributed by atoms with Crippen LogP contribution in [0.15, 0.2) is 85.1 Å². The minimum atomic E-state index is -0.575. The van der Waals surface area contributed by atoms with E-state index in [1.165, 1.54) is 11.1 Å². The highest BCUT2D eigenvalue weighted by atomic mass is 16.2. The first-order chi connectivity index (χ1) is 16.1. The number of fused-ring (bicyclic) bond motifs is 1. The number of amides is 2. The fourth-order valence-corrected chi connectivity index (χ4v) is 4.04. The van der Waals surface area contributed by atoms with Crippen LogP contribution in [0.3, 0.4) is 0 Å². The van der Waals surface area contributed by atoms with Crippen molar-refractivity contribution in [2.75, 3.05) is 16.8 Å². The number of aromatic nitrogens is 2. The van der Waals surface area contributed by atoms with Crippen molar-refractivity contribution in [1.82, 2.24) is 9.78 Å². The Kier molecular flexibility index (Phi) is 5.36. The van der Waals surface area contributed by atoms with Crippen molar-refractivity contribution in [3.63, 3.8) is 0 Å². The minimum absolute atomic E-state index is 0.173. The number of nitrogens with two attached hydrogens (primary N) is 1. The molecule has 2 amide bonds. The third-order valence-corrected chi connectivity index (χ3v) is 5.86. The van der Waals surface area contributed by atoms with Gasteiger partial charge in [-0.1, -0.05) is 24.3 Å². The number of nitrogens with zero attached hydrogens (tertiary/aromatic N) is 3. The molecular formula is C26H23N5O2. The van der Waals surface area contributed by atoms with Crippen molar-refractivity contribution >= 4 is 23.2 Å². The molecule has 1 aromatic heterocycles. The zero-order valence-electron chi connectivity index (χ0n) is 17.9. The standard InChI is InChI=1S/C26H23N5O2/c27-25(32)24-14-16-31(29-24)23-11-7-21(8-12-23)28-26(33)19-5-9-22(10-6-19)30-15-13-18-3-1-2-4-20(18)17-30/h1-12,14,16H,13,15,17H2,(H2,27,32)(H,28,33). The number of hydrogen-bond acceptors (Lipinski definition) is 4. The molecular weight excluding hydrogens is 414 g/mol. The molecule has 2 heterocycles. The zero-order chi connectivity index (χ0) is 22.8. The topological polar surface area (TPSA) is 93.2 Å². The van der Waals surface area contributed by atoms with Gasteiger partial charge in [0.2, 0.25) is 0 Å². The van der Waals surface area contributed by atoms with E-state index in [2.05, 4.69) is 39.6 Å². The van der Waals surface area contributed by atoms with Crippen LogP contribution in [0.4, 0.5) is 11.4 Å². The van der Waals surface area contributed by atoms with Gasteiger partial charge in [0.25, 0.3) is 11.8 Å². The molecule has 0 spiro atoms. The van der Waals surface area contributed by atoms with E-state index in [0.29, 0.717) is 11.3 Å². The smallest absolute Gasteiger partial charge is 0.269 e. The molecule has 1 aliphatic rings. The van der Waals surface area contributed by atoms with Crippen molar-refractivity contribution in [2.45, 2.75) is 13.0 Å². The highest BCUT2D eigenvalue weighted by molar-refractivity contribution is 6.04. The second kappa shape index (κ2) is 8.63. The highest BCUT2D eigenvalue weighted by Gasteiger charge is 2.16. The first-order valence-electron chi connectivity index (χ1n) is 10.8. The third kappa shape index (κ3) is 4.34. The van der Waals surface area contributed by atoms with Crippen LogP contribution in [0.25, 0.3) is 5.69 Å². The number of primary amides is 1. The molecule has 33 heavy (non-hydrogen) atoms. The lowest BCUT2D eigenvalue weighted by Crippen LogP contribution is -2.30. The van der Waals surface area contributed by atoms with Crippen LogP contribution in [0, 0.1) is 0 Å². The summed E-state index contributed by atoms with van der Waals surface area (Å²) in [5, 5.41) is 7.04.